The smallest absolute Gasteiger partial charge is 0.242 e. The number of carbonyl (C=O) groups excluding carboxylic acids is 1. The van der Waals surface area contributed by atoms with Crippen molar-refractivity contribution >= 4 is 11.7 Å². The summed E-state index contributed by atoms with van der Waals surface area (Å²) in [6, 6.07) is 1.45. The van der Waals surface area contributed by atoms with Gasteiger partial charge in [0.05, 0.1) is 19.3 Å². The lowest BCUT2D eigenvalue weighted by Gasteiger charge is -2.09. The maximum Gasteiger partial charge on any atom is 0.242 e. The quantitative estimate of drug-likeness (QED) is 0.774. The van der Waals surface area contributed by atoms with E-state index in [1.54, 1.807) is 32.0 Å². The van der Waals surface area contributed by atoms with Crippen molar-refractivity contribution in [3.63, 3.8) is 0 Å². The first kappa shape index (κ1) is 12.8. The van der Waals surface area contributed by atoms with Gasteiger partial charge >= 0.3 is 0 Å². The molecule has 0 saturated carbocycles. The Balaban J connectivity index is 1.94. The molecule has 7 heteroatoms. The zero-order chi connectivity index (χ0) is 13.1. The number of ether oxygens (including phenoxy) is 2. The van der Waals surface area contributed by atoms with Gasteiger partial charge in [-0.25, -0.2) is 4.68 Å². The first-order valence-electron chi connectivity index (χ1n) is 5.79. The molecule has 2 heterocycles. The van der Waals surface area contributed by atoms with Crippen LogP contribution < -0.4 is 15.4 Å². The zero-order valence-electron chi connectivity index (χ0n) is 10.8. The Morgan fingerprint density at radius 1 is 1.61 bits per heavy atom. The topological polar surface area (TPSA) is 77.4 Å². The number of nitrogens with zero attached hydrogens (tertiary/aromatic N) is 2. The highest BCUT2D eigenvalue weighted by Crippen LogP contribution is 2.17. The van der Waals surface area contributed by atoms with Crippen LogP contribution in [0.1, 0.15) is 6.42 Å². The molecule has 1 aromatic heterocycles. The number of hydrogen-bond acceptors (Lipinski definition) is 5. The van der Waals surface area contributed by atoms with Gasteiger partial charge in [0, 0.05) is 26.8 Å². The van der Waals surface area contributed by atoms with Gasteiger partial charge in [0.15, 0.2) is 5.82 Å². The second-order valence-electron chi connectivity index (χ2n) is 4.24. The van der Waals surface area contributed by atoms with E-state index >= 15 is 0 Å². The minimum Gasteiger partial charge on any atom is -0.481 e. The van der Waals surface area contributed by atoms with Crippen molar-refractivity contribution in [2.24, 2.45) is 7.05 Å². The fourth-order valence-corrected chi connectivity index (χ4v) is 2.00. The molecule has 0 aliphatic carbocycles. The summed E-state index contributed by atoms with van der Waals surface area (Å²) in [5.41, 5.74) is 0. The molecule has 0 spiro atoms. The van der Waals surface area contributed by atoms with Crippen LogP contribution in [0.15, 0.2) is 6.07 Å². The maximum atomic E-state index is 12.0. The summed E-state index contributed by atoms with van der Waals surface area (Å²) >= 11 is 0. The lowest BCUT2D eigenvalue weighted by molar-refractivity contribution is -0.118. The minimum atomic E-state index is -0.233. The normalized spacial score (nSPS) is 23.1. The number of methoxy groups -OCH3 is 2. The number of hydrogen-bond donors (Lipinski definition) is 2. The summed E-state index contributed by atoms with van der Waals surface area (Å²) < 4.78 is 11.8. The van der Waals surface area contributed by atoms with Crippen molar-refractivity contribution in [1.82, 2.24) is 15.1 Å². The third-order valence-electron chi connectivity index (χ3n) is 3.04. The number of nitrogens with one attached hydrogen (secondary N) is 2. The molecule has 0 bridgehead atoms. The number of amides is 1. The highest BCUT2D eigenvalue weighted by molar-refractivity contribution is 5.94. The van der Waals surface area contributed by atoms with Crippen molar-refractivity contribution in [1.29, 1.82) is 0 Å². The molecule has 0 radical (unpaired) electrons. The van der Waals surface area contributed by atoms with Crippen LogP contribution in [0.3, 0.4) is 0 Å². The van der Waals surface area contributed by atoms with Crippen molar-refractivity contribution in [2.45, 2.75) is 18.6 Å². The summed E-state index contributed by atoms with van der Waals surface area (Å²) in [6.07, 6.45) is 0.769. The van der Waals surface area contributed by atoms with Crippen molar-refractivity contribution in [3.05, 3.63) is 6.07 Å². The Hall–Kier alpha value is -1.60. The molecule has 2 atom stereocenters. The molecular weight excluding hydrogens is 236 g/mol. The van der Waals surface area contributed by atoms with E-state index < -0.39 is 0 Å². The van der Waals surface area contributed by atoms with Crippen LogP contribution >= 0.6 is 0 Å². The van der Waals surface area contributed by atoms with Crippen molar-refractivity contribution in [2.75, 3.05) is 26.1 Å². The van der Waals surface area contributed by atoms with E-state index in [0.717, 1.165) is 0 Å². The molecule has 1 aromatic rings. The molecule has 1 amide bonds. The summed E-state index contributed by atoms with van der Waals surface area (Å²) in [5, 5.41) is 10.00. The highest BCUT2D eigenvalue weighted by Gasteiger charge is 2.29. The number of rotatable bonds is 4. The third-order valence-corrected chi connectivity index (χ3v) is 3.04. The van der Waals surface area contributed by atoms with Gasteiger partial charge in [-0.3, -0.25) is 4.79 Å². The molecule has 2 rings (SSSR count). The van der Waals surface area contributed by atoms with E-state index in [2.05, 4.69) is 15.7 Å². The Morgan fingerprint density at radius 2 is 2.39 bits per heavy atom. The molecule has 1 fully saturated rings. The van der Waals surface area contributed by atoms with Gasteiger partial charge in [-0.05, 0) is 6.42 Å². The first-order valence-corrected chi connectivity index (χ1v) is 5.79. The molecule has 100 valence electrons. The average Bonchev–Trinajstić information content (AvgIpc) is 2.95. The largest absolute Gasteiger partial charge is 0.481 e. The Kier molecular flexibility index (Phi) is 3.83. The predicted octanol–water partition coefficient (Wildman–Crippen LogP) is -0.256. The van der Waals surface area contributed by atoms with Crippen LogP contribution in [0, 0.1) is 0 Å². The Labute approximate surface area is 105 Å². The molecule has 2 unspecified atom stereocenters. The Bertz CT molecular complexity index is 432. The van der Waals surface area contributed by atoms with Gasteiger partial charge < -0.3 is 20.1 Å². The van der Waals surface area contributed by atoms with Crippen LogP contribution in [0.25, 0.3) is 0 Å². The third kappa shape index (κ3) is 2.62. The van der Waals surface area contributed by atoms with E-state index in [9.17, 15) is 4.79 Å². The van der Waals surface area contributed by atoms with Crippen molar-refractivity contribution < 1.29 is 14.3 Å². The first-order chi connectivity index (χ1) is 8.63. The minimum absolute atomic E-state index is 0.0963. The highest BCUT2D eigenvalue weighted by atomic mass is 16.5. The molecule has 18 heavy (non-hydrogen) atoms. The van der Waals surface area contributed by atoms with Crippen LogP contribution in [-0.2, 0) is 16.6 Å². The fourth-order valence-electron chi connectivity index (χ4n) is 2.00. The summed E-state index contributed by atoms with van der Waals surface area (Å²) in [4.78, 5) is 12.0. The van der Waals surface area contributed by atoms with Crippen LogP contribution in [0.2, 0.25) is 0 Å². The van der Waals surface area contributed by atoms with Gasteiger partial charge in [0.2, 0.25) is 11.8 Å². The number of anilines is 1. The molecule has 1 aliphatic rings. The fraction of sp³-hybridized carbons (Fsp3) is 0.636. The number of aryl methyl sites for hydroxylation is 1. The lowest BCUT2D eigenvalue weighted by Crippen LogP contribution is -2.35. The van der Waals surface area contributed by atoms with Gasteiger partial charge in [0.1, 0.15) is 0 Å². The van der Waals surface area contributed by atoms with Crippen molar-refractivity contribution in [3.8, 4) is 5.88 Å². The summed E-state index contributed by atoms with van der Waals surface area (Å²) in [7, 11) is 4.96. The second-order valence-corrected chi connectivity index (χ2v) is 4.24. The van der Waals surface area contributed by atoms with Gasteiger partial charge in [0.25, 0.3) is 0 Å². The summed E-state index contributed by atoms with van der Waals surface area (Å²) in [6.45, 7) is 0.695. The Morgan fingerprint density at radius 3 is 2.94 bits per heavy atom. The lowest BCUT2D eigenvalue weighted by atomic mass is 10.2. The van der Waals surface area contributed by atoms with E-state index in [1.165, 1.54) is 0 Å². The molecule has 0 aromatic carbocycles. The number of carbonyl (C=O) groups is 1. The monoisotopic (exact) mass is 254 g/mol. The SMILES string of the molecule is COc1cc(NC(=O)C2CC(OC)CN2)nn1C. The molecular formula is C11H18N4O3. The maximum absolute atomic E-state index is 12.0. The summed E-state index contributed by atoms with van der Waals surface area (Å²) in [5.74, 6) is 0.983. The van der Waals surface area contributed by atoms with Crippen LogP contribution in [0.4, 0.5) is 5.82 Å². The molecule has 1 aliphatic heterocycles. The van der Waals surface area contributed by atoms with Crippen LogP contribution in [-0.4, -0.2) is 48.6 Å². The molecule has 7 nitrogen and oxygen atoms in total. The van der Waals surface area contributed by atoms with E-state index in [4.69, 9.17) is 9.47 Å². The van der Waals surface area contributed by atoms with Gasteiger partial charge in [-0.15, -0.1) is 0 Å². The molecule has 2 N–H and O–H groups in total. The van der Waals surface area contributed by atoms with E-state index in [1.807, 2.05) is 0 Å². The van der Waals surface area contributed by atoms with Gasteiger partial charge in [-0.2, -0.15) is 5.10 Å². The zero-order valence-corrected chi connectivity index (χ0v) is 10.8. The molecule has 1 saturated heterocycles. The average molecular weight is 254 g/mol. The van der Waals surface area contributed by atoms with E-state index in [-0.39, 0.29) is 18.1 Å². The number of aromatic nitrogens is 2. The standard InChI is InChI=1S/C11H18N4O3/c1-15-10(18-3)5-9(14-15)13-11(16)8-4-7(17-2)6-12-8/h5,7-8,12H,4,6H2,1-3H3,(H,13,14,16). The van der Waals surface area contributed by atoms with E-state index in [0.29, 0.717) is 24.7 Å². The predicted molar refractivity (Wildman–Crippen MR) is 65.6 cm³/mol. The second kappa shape index (κ2) is 5.36. The van der Waals surface area contributed by atoms with Crippen LogP contribution in [0.5, 0.6) is 5.88 Å². The van der Waals surface area contributed by atoms with Gasteiger partial charge in [-0.1, -0.05) is 0 Å².